The molecule has 96 valence electrons. The molecule has 1 heterocycles. The molecule has 0 unspecified atom stereocenters. The van der Waals surface area contributed by atoms with Crippen LogP contribution in [-0.4, -0.2) is 18.6 Å². The minimum atomic E-state index is 0.623. The van der Waals surface area contributed by atoms with Gasteiger partial charge in [0.25, 0.3) is 0 Å². The first-order chi connectivity index (χ1) is 8.70. The average molecular weight is 282 g/mol. The lowest BCUT2D eigenvalue weighted by Gasteiger charge is -2.21. The standard InChI is InChI=1S/C13H16ClN3S/c1-17(7-12-8-18-9-16-12)13-3-2-11(14)6-10(13)4-5-15/h2-3,6,8-9H,4-5,7,15H2,1H3. The number of thiazole rings is 1. The van der Waals surface area contributed by atoms with E-state index in [9.17, 15) is 0 Å². The van der Waals surface area contributed by atoms with Crippen molar-refractivity contribution in [3.05, 3.63) is 45.4 Å². The van der Waals surface area contributed by atoms with E-state index in [0.717, 1.165) is 29.4 Å². The molecule has 0 radical (unpaired) electrons. The molecule has 1 aromatic carbocycles. The number of rotatable bonds is 5. The topological polar surface area (TPSA) is 42.2 Å². The number of anilines is 1. The third-order valence-electron chi connectivity index (χ3n) is 2.75. The molecule has 0 atom stereocenters. The molecule has 2 rings (SSSR count). The highest BCUT2D eigenvalue weighted by Crippen LogP contribution is 2.25. The molecule has 0 aliphatic heterocycles. The van der Waals surface area contributed by atoms with E-state index in [0.29, 0.717) is 6.54 Å². The lowest BCUT2D eigenvalue weighted by atomic mass is 10.1. The molecule has 0 aliphatic rings. The van der Waals surface area contributed by atoms with Crippen molar-refractivity contribution in [2.45, 2.75) is 13.0 Å². The highest BCUT2D eigenvalue weighted by molar-refractivity contribution is 7.07. The zero-order valence-electron chi connectivity index (χ0n) is 10.3. The maximum Gasteiger partial charge on any atom is 0.0795 e. The second-order valence-electron chi connectivity index (χ2n) is 4.15. The summed E-state index contributed by atoms with van der Waals surface area (Å²) in [4.78, 5) is 6.48. The summed E-state index contributed by atoms with van der Waals surface area (Å²) in [6, 6.07) is 5.94. The number of nitrogens with two attached hydrogens (primary N) is 1. The van der Waals surface area contributed by atoms with Crippen LogP contribution in [0.3, 0.4) is 0 Å². The summed E-state index contributed by atoms with van der Waals surface area (Å²) < 4.78 is 0. The van der Waals surface area contributed by atoms with E-state index in [1.807, 2.05) is 23.7 Å². The number of benzene rings is 1. The van der Waals surface area contributed by atoms with E-state index in [4.69, 9.17) is 17.3 Å². The third kappa shape index (κ3) is 3.22. The Morgan fingerprint density at radius 3 is 2.94 bits per heavy atom. The van der Waals surface area contributed by atoms with Crippen molar-refractivity contribution >= 4 is 28.6 Å². The molecule has 0 saturated heterocycles. The Morgan fingerprint density at radius 1 is 1.44 bits per heavy atom. The summed E-state index contributed by atoms with van der Waals surface area (Å²) in [5, 5.41) is 2.82. The SMILES string of the molecule is CN(Cc1cscn1)c1ccc(Cl)cc1CCN. The van der Waals surface area contributed by atoms with Gasteiger partial charge in [-0.05, 0) is 36.7 Å². The number of nitrogens with zero attached hydrogens (tertiary/aromatic N) is 2. The van der Waals surface area contributed by atoms with Gasteiger partial charge in [-0.3, -0.25) is 0 Å². The van der Waals surface area contributed by atoms with E-state index in [1.54, 1.807) is 11.3 Å². The van der Waals surface area contributed by atoms with Crippen molar-refractivity contribution in [3.63, 3.8) is 0 Å². The van der Waals surface area contributed by atoms with Gasteiger partial charge in [-0.1, -0.05) is 11.6 Å². The lowest BCUT2D eigenvalue weighted by Crippen LogP contribution is -2.19. The summed E-state index contributed by atoms with van der Waals surface area (Å²) in [7, 11) is 2.06. The van der Waals surface area contributed by atoms with Crippen LogP contribution < -0.4 is 10.6 Å². The molecule has 0 bridgehead atoms. The van der Waals surface area contributed by atoms with E-state index in [1.165, 1.54) is 5.56 Å². The van der Waals surface area contributed by atoms with Gasteiger partial charge in [0.05, 0.1) is 17.7 Å². The summed E-state index contributed by atoms with van der Waals surface area (Å²) in [5.74, 6) is 0. The van der Waals surface area contributed by atoms with Crippen LogP contribution in [0.4, 0.5) is 5.69 Å². The first-order valence-electron chi connectivity index (χ1n) is 5.77. The molecule has 0 amide bonds. The summed E-state index contributed by atoms with van der Waals surface area (Å²) in [6.07, 6.45) is 0.831. The van der Waals surface area contributed by atoms with Crippen molar-refractivity contribution < 1.29 is 0 Å². The van der Waals surface area contributed by atoms with Crippen LogP contribution in [0.1, 0.15) is 11.3 Å². The molecule has 2 N–H and O–H groups in total. The third-order valence-corrected chi connectivity index (χ3v) is 3.62. The lowest BCUT2D eigenvalue weighted by molar-refractivity contribution is 0.873. The van der Waals surface area contributed by atoms with Gasteiger partial charge in [0.2, 0.25) is 0 Å². The Labute approximate surface area is 116 Å². The van der Waals surface area contributed by atoms with Crippen LogP contribution in [-0.2, 0) is 13.0 Å². The highest BCUT2D eigenvalue weighted by Gasteiger charge is 2.09. The van der Waals surface area contributed by atoms with Gasteiger partial charge in [-0.25, -0.2) is 4.98 Å². The second kappa shape index (κ2) is 6.18. The van der Waals surface area contributed by atoms with E-state index in [-0.39, 0.29) is 0 Å². The van der Waals surface area contributed by atoms with Crippen molar-refractivity contribution in [1.82, 2.24) is 4.98 Å². The minimum Gasteiger partial charge on any atom is -0.368 e. The zero-order chi connectivity index (χ0) is 13.0. The van der Waals surface area contributed by atoms with Crippen LogP contribution in [0.5, 0.6) is 0 Å². The van der Waals surface area contributed by atoms with Gasteiger partial charge < -0.3 is 10.6 Å². The zero-order valence-corrected chi connectivity index (χ0v) is 11.8. The Balaban J connectivity index is 2.20. The molecule has 2 aromatic rings. The van der Waals surface area contributed by atoms with Crippen molar-refractivity contribution in [2.24, 2.45) is 5.73 Å². The Bertz CT molecular complexity index is 499. The van der Waals surface area contributed by atoms with E-state index in [2.05, 4.69) is 22.3 Å². The number of hydrogen-bond acceptors (Lipinski definition) is 4. The maximum absolute atomic E-state index is 6.03. The van der Waals surface area contributed by atoms with Crippen molar-refractivity contribution in [1.29, 1.82) is 0 Å². The molecular formula is C13H16ClN3S. The fraction of sp³-hybridized carbons (Fsp3) is 0.308. The quantitative estimate of drug-likeness (QED) is 0.916. The summed E-state index contributed by atoms with van der Waals surface area (Å²) >= 11 is 7.64. The van der Waals surface area contributed by atoms with Crippen LogP contribution in [0.2, 0.25) is 5.02 Å². The van der Waals surface area contributed by atoms with Crippen LogP contribution in [0.25, 0.3) is 0 Å². The predicted molar refractivity (Wildman–Crippen MR) is 78.4 cm³/mol. The molecule has 0 spiro atoms. The molecular weight excluding hydrogens is 266 g/mol. The highest BCUT2D eigenvalue weighted by atomic mass is 35.5. The van der Waals surface area contributed by atoms with Gasteiger partial charge in [-0.2, -0.15) is 0 Å². The average Bonchev–Trinajstić information content (AvgIpc) is 2.82. The normalized spacial score (nSPS) is 10.6. The fourth-order valence-corrected chi connectivity index (χ4v) is 2.67. The summed E-state index contributed by atoms with van der Waals surface area (Å²) in [5.41, 5.74) is 10.9. The van der Waals surface area contributed by atoms with Crippen LogP contribution in [0, 0.1) is 0 Å². The molecule has 5 heteroatoms. The maximum atomic E-state index is 6.03. The molecule has 18 heavy (non-hydrogen) atoms. The first-order valence-corrected chi connectivity index (χ1v) is 7.09. The van der Waals surface area contributed by atoms with Crippen molar-refractivity contribution in [3.8, 4) is 0 Å². The predicted octanol–water partition coefficient (Wildman–Crippen LogP) is 2.93. The molecule has 3 nitrogen and oxygen atoms in total. The molecule has 0 aliphatic carbocycles. The number of hydrogen-bond donors (Lipinski definition) is 1. The molecule has 1 aromatic heterocycles. The Morgan fingerprint density at radius 2 is 2.28 bits per heavy atom. The van der Waals surface area contributed by atoms with E-state index >= 15 is 0 Å². The second-order valence-corrected chi connectivity index (χ2v) is 5.30. The number of aromatic nitrogens is 1. The van der Waals surface area contributed by atoms with Gasteiger partial charge in [0.15, 0.2) is 0 Å². The minimum absolute atomic E-state index is 0.623. The molecule has 0 fully saturated rings. The number of halogens is 1. The van der Waals surface area contributed by atoms with Gasteiger partial charge in [-0.15, -0.1) is 11.3 Å². The Hall–Kier alpha value is -1.10. The van der Waals surface area contributed by atoms with Crippen LogP contribution >= 0.6 is 22.9 Å². The van der Waals surface area contributed by atoms with E-state index < -0.39 is 0 Å². The molecule has 0 saturated carbocycles. The largest absolute Gasteiger partial charge is 0.368 e. The van der Waals surface area contributed by atoms with Gasteiger partial charge in [0.1, 0.15) is 0 Å². The summed E-state index contributed by atoms with van der Waals surface area (Å²) in [6.45, 7) is 1.42. The van der Waals surface area contributed by atoms with Gasteiger partial charge >= 0.3 is 0 Å². The fourth-order valence-electron chi connectivity index (χ4n) is 1.93. The smallest absolute Gasteiger partial charge is 0.0795 e. The Kier molecular flexibility index (Phi) is 4.58. The van der Waals surface area contributed by atoms with Crippen LogP contribution in [0.15, 0.2) is 29.1 Å². The first kappa shape index (κ1) is 13.3. The van der Waals surface area contributed by atoms with Crippen molar-refractivity contribution in [2.75, 3.05) is 18.5 Å². The van der Waals surface area contributed by atoms with Gasteiger partial charge in [0, 0.05) is 23.1 Å². The monoisotopic (exact) mass is 281 g/mol.